The maximum atomic E-state index is 12.8. The van der Waals surface area contributed by atoms with Gasteiger partial charge in [-0.2, -0.15) is 0 Å². The predicted molar refractivity (Wildman–Crippen MR) is 87.0 cm³/mol. The molecule has 0 aliphatic heterocycles. The van der Waals surface area contributed by atoms with Gasteiger partial charge in [0.2, 0.25) is 5.89 Å². The maximum Gasteiger partial charge on any atom is 0.326 e. The summed E-state index contributed by atoms with van der Waals surface area (Å²) >= 11 is 0. The Morgan fingerprint density at radius 3 is 2.64 bits per heavy atom. The van der Waals surface area contributed by atoms with Crippen LogP contribution in [0.25, 0.3) is 11.1 Å². The Morgan fingerprint density at radius 2 is 2.04 bits per heavy atom. The van der Waals surface area contributed by atoms with Crippen LogP contribution in [-0.4, -0.2) is 34.4 Å². The number of aromatic nitrogens is 1. The fourth-order valence-corrected chi connectivity index (χ4v) is 3.08. The molecule has 1 N–H and O–H groups in total. The molecule has 1 aliphatic rings. The molecule has 3 rings (SSSR count). The van der Waals surface area contributed by atoms with Gasteiger partial charge in [0.15, 0.2) is 17.3 Å². The second kappa shape index (κ2) is 6.66. The highest BCUT2D eigenvalue weighted by Crippen LogP contribution is 2.39. The van der Waals surface area contributed by atoms with Crippen molar-refractivity contribution in [1.29, 1.82) is 0 Å². The second-order valence-electron chi connectivity index (χ2n) is 6.26. The molecule has 0 radical (unpaired) electrons. The molecule has 0 amide bonds. The number of fused-ring (bicyclic) bond motifs is 1. The van der Waals surface area contributed by atoms with Crippen molar-refractivity contribution in [2.24, 2.45) is 11.8 Å². The molecular weight excluding hydrogens is 326 g/mol. The number of Topliss-reactive ketones (excluding diaryl/α,β-unsaturated/α-hetero) is 1. The number of benzene rings is 1. The minimum Gasteiger partial charge on any atom is -0.481 e. The Morgan fingerprint density at radius 1 is 1.32 bits per heavy atom. The van der Waals surface area contributed by atoms with Crippen LogP contribution in [0.15, 0.2) is 22.6 Å². The standard InChI is InChI=1S/C18H19NO6/c1-3-24-18(23)13(15(20)10-7-11(8-10)17(21)22)16-19-14-9(2)5-4-6-12(14)25-16/h4-6,10-11,13H,3,7-8H2,1-2H3,(H,21,22). The zero-order chi connectivity index (χ0) is 18.1. The molecule has 1 aromatic heterocycles. The molecule has 25 heavy (non-hydrogen) atoms. The number of aryl methyl sites for hydroxylation is 1. The van der Waals surface area contributed by atoms with Crippen LogP contribution in [0.4, 0.5) is 0 Å². The Hall–Kier alpha value is -2.70. The van der Waals surface area contributed by atoms with E-state index in [1.165, 1.54) is 0 Å². The largest absolute Gasteiger partial charge is 0.481 e. The number of ether oxygens (including phenoxy) is 1. The summed E-state index contributed by atoms with van der Waals surface area (Å²) in [6, 6.07) is 5.38. The maximum absolute atomic E-state index is 12.8. The summed E-state index contributed by atoms with van der Waals surface area (Å²) in [6.07, 6.45) is 0.451. The first-order valence-corrected chi connectivity index (χ1v) is 8.21. The van der Waals surface area contributed by atoms with Crippen LogP contribution in [0.3, 0.4) is 0 Å². The summed E-state index contributed by atoms with van der Waals surface area (Å²) in [5.41, 5.74) is 1.96. The SMILES string of the molecule is CCOC(=O)C(C(=O)C1CC(C(=O)O)C1)c1nc2c(C)cccc2o1. The number of carbonyl (C=O) groups excluding carboxylic acids is 2. The van der Waals surface area contributed by atoms with Crippen LogP contribution >= 0.6 is 0 Å². The lowest BCUT2D eigenvalue weighted by atomic mass is 9.70. The van der Waals surface area contributed by atoms with Gasteiger partial charge >= 0.3 is 11.9 Å². The summed E-state index contributed by atoms with van der Waals surface area (Å²) in [6.45, 7) is 3.64. The smallest absolute Gasteiger partial charge is 0.326 e. The van der Waals surface area contributed by atoms with Gasteiger partial charge < -0.3 is 14.3 Å². The molecule has 1 heterocycles. The Balaban J connectivity index is 1.91. The average molecular weight is 345 g/mol. The molecule has 0 saturated heterocycles. The lowest BCUT2D eigenvalue weighted by Gasteiger charge is -2.32. The number of hydrogen-bond acceptors (Lipinski definition) is 6. The first-order valence-electron chi connectivity index (χ1n) is 8.21. The van der Waals surface area contributed by atoms with E-state index in [1.54, 1.807) is 19.1 Å². The number of nitrogens with zero attached hydrogens (tertiary/aromatic N) is 1. The Bertz CT molecular complexity index is 833. The van der Waals surface area contributed by atoms with Gasteiger partial charge in [0, 0.05) is 5.92 Å². The molecule has 1 aliphatic carbocycles. The summed E-state index contributed by atoms with van der Waals surface area (Å²) in [5.74, 6) is -4.31. The van der Waals surface area contributed by atoms with Crippen LogP contribution in [-0.2, 0) is 19.1 Å². The predicted octanol–water partition coefficient (Wildman–Crippen LogP) is 2.46. The summed E-state index contributed by atoms with van der Waals surface area (Å²) in [4.78, 5) is 40.4. The van der Waals surface area contributed by atoms with E-state index in [2.05, 4.69) is 4.98 Å². The van der Waals surface area contributed by atoms with E-state index in [0.29, 0.717) is 11.1 Å². The number of ketones is 1. The zero-order valence-electron chi connectivity index (χ0n) is 14.0. The van der Waals surface area contributed by atoms with Crippen LogP contribution in [0.5, 0.6) is 0 Å². The molecule has 1 unspecified atom stereocenters. The minimum atomic E-state index is -1.26. The van der Waals surface area contributed by atoms with E-state index < -0.39 is 29.7 Å². The van der Waals surface area contributed by atoms with Crippen molar-refractivity contribution in [3.05, 3.63) is 29.7 Å². The van der Waals surface area contributed by atoms with E-state index in [-0.39, 0.29) is 31.1 Å². The van der Waals surface area contributed by atoms with Crippen molar-refractivity contribution in [3.63, 3.8) is 0 Å². The monoisotopic (exact) mass is 345 g/mol. The first-order chi connectivity index (χ1) is 11.9. The van der Waals surface area contributed by atoms with Crippen LogP contribution in [0.2, 0.25) is 0 Å². The van der Waals surface area contributed by atoms with Crippen LogP contribution in [0.1, 0.15) is 37.1 Å². The highest BCUT2D eigenvalue weighted by atomic mass is 16.5. The number of carboxylic acids is 1. The number of para-hydroxylation sites is 1. The van der Waals surface area contributed by atoms with Gasteiger partial charge in [0.05, 0.1) is 12.5 Å². The molecule has 132 valence electrons. The molecule has 1 aromatic carbocycles. The van der Waals surface area contributed by atoms with E-state index in [1.807, 2.05) is 13.0 Å². The van der Waals surface area contributed by atoms with Gasteiger partial charge in [-0.15, -0.1) is 0 Å². The van der Waals surface area contributed by atoms with E-state index in [0.717, 1.165) is 5.56 Å². The average Bonchev–Trinajstić information content (AvgIpc) is 2.90. The molecule has 7 nitrogen and oxygen atoms in total. The molecule has 0 spiro atoms. The van der Waals surface area contributed by atoms with Gasteiger partial charge in [-0.25, -0.2) is 4.98 Å². The summed E-state index contributed by atoms with van der Waals surface area (Å²) in [7, 11) is 0. The van der Waals surface area contributed by atoms with Crippen LogP contribution < -0.4 is 0 Å². The summed E-state index contributed by atoms with van der Waals surface area (Å²) in [5, 5.41) is 8.97. The molecule has 0 bridgehead atoms. The molecule has 1 fully saturated rings. The van der Waals surface area contributed by atoms with E-state index in [4.69, 9.17) is 14.3 Å². The molecular formula is C18H19NO6. The molecule has 2 aromatic rings. The third-order valence-electron chi connectivity index (χ3n) is 4.58. The Kier molecular flexibility index (Phi) is 4.57. The number of esters is 1. The van der Waals surface area contributed by atoms with Crippen molar-refractivity contribution < 1.29 is 28.6 Å². The summed E-state index contributed by atoms with van der Waals surface area (Å²) < 4.78 is 10.7. The van der Waals surface area contributed by atoms with E-state index >= 15 is 0 Å². The quantitative estimate of drug-likeness (QED) is 0.633. The molecule has 1 atom stereocenters. The van der Waals surface area contributed by atoms with Crippen molar-refractivity contribution in [1.82, 2.24) is 4.98 Å². The lowest BCUT2D eigenvalue weighted by Crippen LogP contribution is -2.39. The zero-order valence-corrected chi connectivity index (χ0v) is 14.0. The normalized spacial score (nSPS) is 20.7. The highest BCUT2D eigenvalue weighted by molar-refractivity contribution is 6.05. The number of carboxylic acid groups (broad SMARTS) is 1. The van der Waals surface area contributed by atoms with E-state index in [9.17, 15) is 14.4 Å². The third-order valence-corrected chi connectivity index (χ3v) is 4.58. The van der Waals surface area contributed by atoms with Crippen molar-refractivity contribution in [2.75, 3.05) is 6.61 Å². The second-order valence-corrected chi connectivity index (χ2v) is 6.26. The van der Waals surface area contributed by atoms with Gasteiger partial charge in [0.1, 0.15) is 5.52 Å². The van der Waals surface area contributed by atoms with Crippen molar-refractivity contribution in [3.8, 4) is 0 Å². The van der Waals surface area contributed by atoms with Gasteiger partial charge in [-0.05, 0) is 38.3 Å². The Labute approximate surface area is 144 Å². The molecule has 1 saturated carbocycles. The van der Waals surface area contributed by atoms with Crippen molar-refractivity contribution >= 4 is 28.8 Å². The van der Waals surface area contributed by atoms with Gasteiger partial charge in [0.25, 0.3) is 0 Å². The fraction of sp³-hybridized carbons (Fsp3) is 0.444. The number of rotatable bonds is 6. The number of hydrogen-bond donors (Lipinski definition) is 1. The highest BCUT2D eigenvalue weighted by Gasteiger charge is 2.45. The number of oxazole rings is 1. The van der Waals surface area contributed by atoms with Crippen LogP contribution in [0, 0.1) is 18.8 Å². The lowest BCUT2D eigenvalue weighted by molar-refractivity contribution is -0.152. The fourth-order valence-electron chi connectivity index (χ4n) is 3.08. The minimum absolute atomic E-state index is 0.00604. The first kappa shape index (κ1) is 17.1. The third kappa shape index (κ3) is 3.14. The number of aliphatic carboxylic acids is 1. The van der Waals surface area contributed by atoms with Gasteiger partial charge in [-0.3, -0.25) is 14.4 Å². The van der Waals surface area contributed by atoms with Crippen molar-refractivity contribution in [2.45, 2.75) is 32.6 Å². The molecule has 7 heteroatoms. The topological polar surface area (TPSA) is 107 Å². The number of carbonyl (C=O) groups is 3. The van der Waals surface area contributed by atoms with Gasteiger partial charge in [-0.1, -0.05) is 12.1 Å².